The number of allylic oxidation sites excluding steroid dienone is 2. The molecule has 0 aromatic rings. The molecule has 0 spiro atoms. The van der Waals surface area contributed by atoms with Crippen LogP contribution in [0.4, 0.5) is 0 Å². The molecule has 0 aliphatic heterocycles. The highest BCUT2D eigenvalue weighted by molar-refractivity contribution is 9.09. The van der Waals surface area contributed by atoms with Crippen molar-refractivity contribution in [2.45, 2.75) is 13.8 Å². The zero-order chi connectivity index (χ0) is 6.41. The van der Waals surface area contributed by atoms with Crippen molar-refractivity contribution < 1.29 is 0 Å². The quantitative estimate of drug-likeness (QED) is 0.389. The first-order valence-electron chi connectivity index (χ1n) is 2.49. The minimum Gasteiger partial charge on any atom is -0.0867 e. The van der Waals surface area contributed by atoms with Crippen molar-refractivity contribution in [2.75, 3.05) is 5.33 Å². The van der Waals surface area contributed by atoms with Crippen LogP contribution >= 0.6 is 15.9 Å². The Morgan fingerprint density at radius 2 is 2.38 bits per heavy atom. The summed E-state index contributed by atoms with van der Waals surface area (Å²) in [6.07, 6.45) is 2.00. The van der Waals surface area contributed by atoms with Gasteiger partial charge in [-0.3, -0.25) is 0 Å². The molecule has 8 heavy (non-hydrogen) atoms. The smallest absolute Gasteiger partial charge is 0.0649 e. The normalized spacial score (nSPS) is 10.1. The van der Waals surface area contributed by atoms with Gasteiger partial charge >= 0.3 is 0 Å². The van der Waals surface area contributed by atoms with Crippen molar-refractivity contribution in [3.63, 3.8) is 0 Å². The van der Waals surface area contributed by atoms with Gasteiger partial charge in [0.15, 0.2) is 0 Å². The van der Waals surface area contributed by atoms with Crippen molar-refractivity contribution in [2.24, 2.45) is 0 Å². The predicted molar refractivity (Wildman–Crippen MR) is 41.0 cm³/mol. The number of hydrogen-bond donors (Lipinski definition) is 0. The van der Waals surface area contributed by atoms with Gasteiger partial charge in [-0.1, -0.05) is 33.8 Å². The van der Waals surface area contributed by atoms with Crippen LogP contribution in [0.1, 0.15) is 13.8 Å². The first-order chi connectivity index (χ1) is 3.81. The van der Waals surface area contributed by atoms with E-state index in [9.17, 15) is 0 Å². The second kappa shape index (κ2) is 4.93. The number of halogens is 1. The Labute approximate surface area is 59.1 Å². The summed E-state index contributed by atoms with van der Waals surface area (Å²) in [7, 11) is 0. The molecule has 0 rings (SSSR count). The molecule has 0 aliphatic rings. The van der Waals surface area contributed by atoms with E-state index in [-0.39, 0.29) is 0 Å². The third-order valence-corrected chi connectivity index (χ3v) is 1.07. The van der Waals surface area contributed by atoms with Crippen LogP contribution in [0.5, 0.6) is 0 Å². The van der Waals surface area contributed by atoms with E-state index >= 15 is 0 Å². The van der Waals surface area contributed by atoms with Crippen LogP contribution in [0.3, 0.4) is 0 Å². The van der Waals surface area contributed by atoms with Crippen molar-refractivity contribution in [1.82, 2.24) is 0 Å². The van der Waals surface area contributed by atoms with Crippen LogP contribution in [0, 0.1) is 11.8 Å². The van der Waals surface area contributed by atoms with E-state index in [1.807, 2.05) is 19.9 Å². The van der Waals surface area contributed by atoms with Gasteiger partial charge in [0, 0.05) is 0 Å². The number of hydrogen-bond acceptors (Lipinski definition) is 0. The Balaban J connectivity index is 3.69. The monoisotopic (exact) mass is 172 g/mol. The highest BCUT2D eigenvalue weighted by atomic mass is 79.9. The number of alkyl halides is 1. The first kappa shape index (κ1) is 7.78. The molecular formula is C7H9Br. The molecule has 0 amide bonds. The van der Waals surface area contributed by atoms with Gasteiger partial charge in [-0.25, -0.2) is 0 Å². The van der Waals surface area contributed by atoms with E-state index in [2.05, 4.69) is 27.8 Å². The first-order valence-corrected chi connectivity index (χ1v) is 3.61. The molecule has 0 aromatic carbocycles. The lowest BCUT2D eigenvalue weighted by molar-refractivity contribution is 1.52. The van der Waals surface area contributed by atoms with Gasteiger partial charge in [-0.05, 0) is 19.4 Å². The summed E-state index contributed by atoms with van der Waals surface area (Å²) < 4.78 is 0. The highest BCUT2D eigenvalue weighted by Gasteiger charge is 1.71. The summed E-state index contributed by atoms with van der Waals surface area (Å²) in [5.41, 5.74) is 1.13. The molecule has 0 heterocycles. The van der Waals surface area contributed by atoms with Crippen molar-refractivity contribution >= 4 is 15.9 Å². The van der Waals surface area contributed by atoms with Crippen LogP contribution in [-0.4, -0.2) is 5.33 Å². The van der Waals surface area contributed by atoms with Crippen molar-refractivity contribution in [1.29, 1.82) is 0 Å². The molecule has 0 aliphatic carbocycles. The lowest BCUT2D eigenvalue weighted by Gasteiger charge is -1.78. The molecule has 0 saturated carbocycles. The standard InChI is InChI=1S/C7H9Br/c1-3-7(2)5-4-6-8/h3H,6H2,1-2H3/b7-3-. The molecule has 0 bridgehead atoms. The molecule has 0 fully saturated rings. The Hall–Kier alpha value is -0.220. The van der Waals surface area contributed by atoms with E-state index in [1.54, 1.807) is 0 Å². The number of rotatable bonds is 0. The third kappa shape index (κ3) is 3.95. The van der Waals surface area contributed by atoms with Crippen LogP contribution < -0.4 is 0 Å². The molecule has 1 heteroatoms. The molecule has 0 unspecified atom stereocenters. The fourth-order valence-corrected chi connectivity index (χ4v) is 0.385. The van der Waals surface area contributed by atoms with Gasteiger partial charge in [0.25, 0.3) is 0 Å². The van der Waals surface area contributed by atoms with E-state index in [1.165, 1.54) is 0 Å². The van der Waals surface area contributed by atoms with Crippen LogP contribution in [0.2, 0.25) is 0 Å². The Bertz CT molecular complexity index is 134. The highest BCUT2D eigenvalue weighted by Crippen LogP contribution is 1.86. The van der Waals surface area contributed by atoms with E-state index in [0.717, 1.165) is 10.9 Å². The van der Waals surface area contributed by atoms with E-state index < -0.39 is 0 Å². The lowest BCUT2D eigenvalue weighted by atomic mass is 10.3. The average molecular weight is 173 g/mol. The molecule has 44 valence electrons. The molecule has 0 nitrogen and oxygen atoms in total. The minimum absolute atomic E-state index is 0.762. The molecule has 0 radical (unpaired) electrons. The molecule has 0 atom stereocenters. The summed E-state index contributed by atoms with van der Waals surface area (Å²) in [6, 6.07) is 0. The van der Waals surface area contributed by atoms with Gasteiger partial charge in [0.1, 0.15) is 0 Å². The van der Waals surface area contributed by atoms with Gasteiger partial charge in [0.2, 0.25) is 0 Å². The summed E-state index contributed by atoms with van der Waals surface area (Å²) >= 11 is 3.21. The fourth-order valence-electron chi connectivity index (χ4n) is 0.245. The molecule has 0 N–H and O–H groups in total. The molecular weight excluding hydrogens is 164 g/mol. The Morgan fingerprint density at radius 1 is 1.75 bits per heavy atom. The van der Waals surface area contributed by atoms with Gasteiger partial charge < -0.3 is 0 Å². The Kier molecular flexibility index (Phi) is 4.79. The predicted octanol–water partition coefficient (Wildman–Crippen LogP) is 2.35. The van der Waals surface area contributed by atoms with Crippen LogP contribution in [0.25, 0.3) is 0 Å². The Morgan fingerprint density at radius 3 is 2.75 bits per heavy atom. The zero-order valence-electron chi connectivity index (χ0n) is 5.16. The van der Waals surface area contributed by atoms with Crippen molar-refractivity contribution in [3.05, 3.63) is 11.6 Å². The van der Waals surface area contributed by atoms with Gasteiger partial charge in [-0.15, -0.1) is 0 Å². The summed E-state index contributed by atoms with van der Waals surface area (Å²) in [5, 5.41) is 0.762. The lowest BCUT2D eigenvalue weighted by Crippen LogP contribution is -1.65. The van der Waals surface area contributed by atoms with Crippen LogP contribution in [0.15, 0.2) is 11.6 Å². The summed E-state index contributed by atoms with van der Waals surface area (Å²) in [6.45, 7) is 3.98. The largest absolute Gasteiger partial charge is 0.0867 e. The maximum atomic E-state index is 3.21. The summed E-state index contributed by atoms with van der Waals surface area (Å²) in [5.74, 6) is 5.84. The maximum Gasteiger partial charge on any atom is 0.0649 e. The van der Waals surface area contributed by atoms with E-state index in [0.29, 0.717) is 0 Å². The van der Waals surface area contributed by atoms with Gasteiger partial charge in [0.05, 0.1) is 5.33 Å². The SMILES string of the molecule is C/C=C(/C)C#CCBr. The second-order valence-electron chi connectivity index (χ2n) is 1.41. The molecule has 0 saturated heterocycles. The third-order valence-electron chi connectivity index (χ3n) is 0.785. The maximum absolute atomic E-state index is 3.21. The molecule has 0 aromatic heterocycles. The summed E-state index contributed by atoms with van der Waals surface area (Å²) in [4.78, 5) is 0. The zero-order valence-corrected chi connectivity index (χ0v) is 6.75. The second-order valence-corrected chi connectivity index (χ2v) is 1.97. The van der Waals surface area contributed by atoms with Gasteiger partial charge in [-0.2, -0.15) is 0 Å². The van der Waals surface area contributed by atoms with Crippen LogP contribution in [-0.2, 0) is 0 Å². The minimum atomic E-state index is 0.762. The topological polar surface area (TPSA) is 0 Å². The van der Waals surface area contributed by atoms with Crippen molar-refractivity contribution in [3.8, 4) is 11.8 Å². The van der Waals surface area contributed by atoms with E-state index in [4.69, 9.17) is 0 Å². The average Bonchev–Trinajstić information content (AvgIpc) is 1.83. The fraction of sp³-hybridized carbons (Fsp3) is 0.429.